The van der Waals surface area contributed by atoms with Crippen LogP contribution in [0.2, 0.25) is 0 Å². The summed E-state index contributed by atoms with van der Waals surface area (Å²) in [5.41, 5.74) is -0.133. The average molecular weight is 400 g/mol. The molecule has 1 aliphatic heterocycles. The molecule has 1 saturated carbocycles. The Morgan fingerprint density at radius 3 is 2.86 bits per heavy atom. The summed E-state index contributed by atoms with van der Waals surface area (Å²) in [4.78, 5) is 27.3. The van der Waals surface area contributed by atoms with E-state index in [1.807, 2.05) is 0 Å². The molecule has 7 heteroatoms. The second-order valence-corrected chi connectivity index (χ2v) is 7.97. The Labute approximate surface area is 169 Å². The number of halogens is 1. The fraction of sp³-hybridized carbons (Fsp3) is 0.500. The molecule has 29 heavy (non-hydrogen) atoms. The van der Waals surface area contributed by atoms with Crippen molar-refractivity contribution < 1.29 is 23.2 Å². The molecule has 1 unspecified atom stereocenters. The highest BCUT2D eigenvalue weighted by Crippen LogP contribution is 2.39. The summed E-state index contributed by atoms with van der Waals surface area (Å²) in [6, 6.07) is 8.01. The number of hydrogen-bond acceptors (Lipinski definition) is 5. The molecule has 1 atom stereocenters. The van der Waals surface area contributed by atoms with Gasteiger partial charge in [-0.05, 0) is 44.7 Å². The Bertz CT molecular complexity index is 908. The van der Waals surface area contributed by atoms with Gasteiger partial charge in [0.05, 0.1) is 12.0 Å². The summed E-state index contributed by atoms with van der Waals surface area (Å²) in [6.07, 6.45) is 3.45. The number of rotatable bonds is 6. The molecule has 1 saturated heterocycles. The highest BCUT2D eigenvalue weighted by atomic mass is 19.1. The van der Waals surface area contributed by atoms with Crippen LogP contribution in [0.5, 0.6) is 0 Å². The van der Waals surface area contributed by atoms with Crippen molar-refractivity contribution in [3.63, 3.8) is 0 Å². The molecule has 0 N–H and O–H groups in total. The highest BCUT2D eigenvalue weighted by molar-refractivity contribution is 5.83. The maximum atomic E-state index is 14.1. The smallest absolute Gasteiger partial charge is 0.314 e. The molecule has 4 rings (SSSR count). The largest absolute Gasteiger partial charge is 0.466 e. The summed E-state index contributed by atoms with van der Waals surface area (Å²) in [5, 5.41) is 3.99. The summed E-state index contributed by atoms with van der Waals surface area (Å²) >= 11 is 0. The lowest BCUT2D eigenvalue weighted by molar-refractivity contribution is -0.161. The van der Waals surface area contributed by atoms with Gasteiger partial charge in [0.15, 0.2) is 0 Å². The van der Waals surface area contributed by atoms with Gasteiger partial charge in [-0.15, -0.1) is 0 Å². The van der Waals surface area contributed by atoms with Crippen LogP contribution in [0.15, 0.2) is 34.9 Å². The topological polar surface area (TPSA) is 72.6 Å². The number of carbonyl (C=O) groups excluding carboxylic acids is 2. The molecular formula is C22H25FN2O4. The standard InChI is InChI=1S/C22H25FN2O4/c1-2-28-21(27)22(10-5-11-25(14-22)20(26)15-8-9-15)13-16-12-19(24-29-16)17-6-3-4-7-18(17)23/h3-4,6-7,12,15H,2,5,8-11,13-14H2,1H3. The first kappa shape index (κ1) is 19.6. The van der Waals surface area contributed by atoms with Crippen LogP contribution in [0.25, 0.3) is 11.3 Å². The summed E-state index contributed by atoms with van der Waals surface area (Å²) in [6.45, 7) is 3.02. The second-order valence-electron chi connectivity index (χ2n) is 7.97. The van der Waals surface area contributed by atoms with Gasteiger partial charge in [-0.1, -0.05) is 17.3 Å². The van der Waals surface area contributed by atoms with Crippen LogP contribution in [0.3, 0.4) is 0 Å². The number of hydrogen-bond donors (Lipinski definition) is 0. The molecule has 1 aromatic carbocycles. The maximum absolute atomic E-state index is 14.1. The first-order valence-corrected chi connectivity index (χ1v) is 10.2. The van der Waals surface area contributed by atoms with Gasteiger partial charge in [-0.2, -0.15) is 0 Å². The predicted octanol–water partition coefficient (Wildman–Crippen LogP) is 3.61. The molecule has 1 aromatic heterocycles. The minimum Gasteiger partial charge on any atom is -0.466 e. The number of esters is 1. The third-order valence-corrected chi connectivity index (χ3v) is 5.74. The van der Waals surface area contributed by atoms with Crippen molar-refractivity contribution in [2.24, 2.45) is 11.3 Å². The van der Waals surface area contributed by atoms with E-state index in [1.165, 1.54) is 6.07 Å². The van der Waals surface area contributed by atoms with Gasteiger partial charge in [-0.3, -0.25) is 9.59 Å². The van der Waals surface area contributed by atoms with Crippen LogP contribution in [0.4, 0.5) is 4.39 Å². The fourth-order valence-electron chi connectivity index (χ4n) is 4.10. The molecule has 2 aliphatic rings. The predicted molar refractivity (Wildman–Crippen MR) is 103 cm³/mol. The van der Waals surface area contributed by atoms with Crippen LogP contribution < -0.4 is 0 Å². The van der Waals surface area contributed by atoms with Gasteiger partial charge in [0.1, 0.15) is 17.3 Å². The second kappa shape index (κ2) is 7.97. The lowest BCUT2D eigenvalue weighted by Crippen LogP contribution is -2.52. The summed E-state index contributed by atoms with van der Waals surface area (Å²) in [5.74, 6) is 0.00872. The zero-order valence-electron chi connectivity index (χ0n) is 16.5. The van der Waals surface area contributed by atoms with Crippen molar-refractivity contribution in [3.05, 3.63) is 41.9 Å². The van der Waals surface area contributed by atoms with E-state index >= 15 is 0 Å². The Hall–Kier alpha value is -2.70. The van der Waals surface area contributed by atoms with E-state index in [4.69, 9.17) is 9.26 Å². The molecule has 0 bridgehead atoms. The van der Waals surface area contributed by atoms with Crippen molar-refractivity contribution in [1.82, 2.24) is 10.1 Å². The van der Waals surface area contributed by atoms with E-state index in [1.54, 1.807) is 36.1 Å². The van der Waals surface area contributed by atoms with Gasteiger partial charge in [0.2, 0.25) is 5.91 Å². The molecule has 6 nitrogen and oxygen atoms in total. The van der Waals surface area contributed by atoms with E-state index < -0.39 is 5.41 Å². The van der Waals surface area contributed by atoms with Crippen molar-refractivity contribution in [2.75, 3.05) is 19.7 Å². The number of likely N-dealkylation sites (tertiary alicyclic amines) is 1. The van der Waals surface area contributed by atoms with Gasteiger partial charge in [0, 0.05) is 37.1 Å². The zero-order valence-corrected chi connectivity index (χ0v) is 16.5. The number of aromatic nitrogens is 1. The van der Waals surface area contributed by atoms with E-state index in [2.05, 4.69) is 5.16 Å². The Kier molecular flexibility index (Phi) is 5.39. The summed E-state index contributed by atoms with van der Waals surface area (Å²) < 4.78 is 24.9. The van der Waals surface area contributed by atoms with Crippen molar-refractivity contribution >= 4 is 11.9 Å². The third kappa shape index (κ3) is 4.04. The lowest BCUT2D eigenvalue weighted by Gasteiger charge is -2.40. The SMILES string of the molecule is CCOC(=O)C1(Cc2cc(-c3ccccc3F)no2)CCCN(C(=O)C2CC2)C1. The quantitative estimate of drug-likeness (QED) is 0.693. The first-order chi connectivity index (χ1) is 14.0. The van der Waals surface area contributed by atoms with Crippen molar-refractivity contribution in [2.45, 2.75) is 39.0 Å². The zero-order chi connectivity index (χ0) is 20.4. The molecule has 0 spiro atoms. The fourth-order valence-corrected chi connectivity index (χ4v) is 4.10. The molecule has 2 heterocycles. The number of nitrogens with zero attached hydrogens (tertiary/aromatic N) is 2. The first-order valence-electron chi connectivity index (χ1n) is 10.2. The number of ether oxygens (including phenoxy) is 1. The third-order valence-electron chi connectivity index (χ3n) is 5.74. The Morgan fingerprint density at radius 1 is 1.34 bits per heavy atom. The van der Waals surface area contributed by atoms with Crippen LogP contribution >= 0.6 is 0 Å². The van der Waals surface area contributed by atoms with E-state index in [-0.39, 0.29) is 36.6 Å². The molecule has 1 amide bonds. The van der Waals surface area contributed by atoms with Gasteiger partial charge < -0.3 is 14.2 Å². The normalized spacial score (nSPS) is 21.8. The number of amides is 1. The Balaban J connectivity index is 1.58. The average Bonchev–Trinajstić information content (AvgIpc) is 3.48. The van der Waals surface area contributed by atoms with Crippen molar-refractivity contribution in [3.8, 4) is 11.3 Å². The van der Waals surface area contributed by atoms with Crippen LogP contribution in [-0.4, -0.2) is 41.6 Å². The monoisotopic (exact) mass is 400 g/mol. The van der Waals surface area contributed by atoms with Gasteiger partial charge in [-0.25, -0.2) is 4.39 Å². The van der Waals surface area contributed by atoms with E-state index in [0.29, 0.717) is 36.5 Å². The summed E-state index contributed by atoms with van der Waals surface area (Å²) in [7, 11) is 0. The molecule has 1 aliphatic carbocycles. The molecule has 0 radical (unpaired) electrons. The van der Waals surface area contributed by atoms with Gasteiger partial charge in [0.25, 0.3) is 0 Å². The molecule has 2 aromatic rings. The van der Waals surface area contributed by atoms with Crippen LogP contribution in [0, 0.1) is 17.2 Å². The van der Waals surface area contributed by atoms with Crippen LogP contribution in [-0.2, 0) is 20.7 Å². The molecular weight excluding hydrogens is 375 g/mol. The number of benzene rings is 1. The van der Waals surface area contributed by atoms with Crippen LogP contribution in [0.1, 0.15) is 38.4 Å². The Morgan fingerprint density at radius 2 is 2.14 bits per heavy atom. The number of carbonyl (C=O) groups is 2. The highest BCUT2D eigenvalue weighted by Gasteiger charge is 2.47. The minimum absolute atomic E-state index is 0.103. The maximum Gasteiger partial charge on any atom is 0.314 e. The number of piperidine rings is 1. The lowest BCUT2D eigenvalue weighted by atomic mass is 9.76. The molecule has 2 fully saturated rings. The van der Waals surface area contributed by atoms with E-state index in [0.717, 1.165) is 19.3 Å². The van der Waals surface area contributed by atoms with E-state index in [9.17, 15) is 14.0 Å². The molecule has 154 valence electrons. The minimum atomic E-state index is -0.870. The van der Waals surface area contributed by atoms with Crippen molar-refractivity contribution in [1.29, 1.82) is 0 Å². The van der Waals surface area contributed by atoms with Gasteiger partial charge >= 0.3 is 5.97 Å².